The molecule has 2 N–H and O–H groups in total. The molecule has 0 unspecified atom stereocenters. The average molecular weight is 245 g/mol. The Morgan fingerprint density at radius 2 is 2.11 bits per heavy atom. The molecule has 18 heavy (non-hydrogen) atoms. The van der Waals surface area contributed by atoms with Gasteiger partial charge in [-0.1, -0.05) is 18.2 Å². The molecule has 0 spiro atoms. The molecule has 0 saturated heterocycles. The largest absolute Gasteiger partial charge is 0.481 e. The van der Waals surface area contributed by atoms with Crippen molar-refractivity contribution in [3.8, 4) is 5.69 Å². The van der Waals surface area contributed by atoms with Gasteiger partial charge < -0.3 is 10.4 Å². The molecule has 0 saturated carbocycles. The van der Waals surface area contributed by atoms with Crippen LogP contribution < -0.4 is 5.32 Å². The molecule has 0 aliphatic carbocycles. The van der Waals surface area contributed by atoms with E-state index >= 15 is 0 Å². The maximum atomic E-state index is 10.3. The molecule has 5 heteroatoms. The van der Waals surface area contributed by atoms with Gasteiger partial charge in [-0.25, -0.2) is 4.68 Å². The van der Waals surface area contributed by atoms with Gasteiger partial charge in [0.25, 0.3) is 0 Å². The van der Waals surface area contributed by atoms with E-state index in [0.717, 1.165) is 11.3 Å². The lowest BCUT2D eigenvalue weighted by Gasteiger charge is -2.00. The number of rotatable bonds is 6. The number of carbonyl (C=O) groups is 1. The normalized spacial score (nSPS) is 10.4. The molecular weight excluding hydrogens is 230 g/mol. The van der Waals surface area contributed by atoms with Gasteiger partial charge in [0.2, 0.25) is 0 Å². The van der Waals surface area contributed by atoms with Gasteiger partial charge >= 0.3 is 5.97 Å². The first-order chi connectivity index (χ1) is 8.75. The van der Waals surface area contributed by atoms with Crippen molar-refractivity contribution in [1.29, 1.82) is 0 Å². The molecule has 2 aromatic rings. The number of carboxylic acids is 1. The Morgan fingerprint density at radius 3 is 2.83 bits per heavy atom. The topological polar surface area (TPSA) is 67.2 Å². The van der Waals surface area contributed by atoms with E-state index < -0.39 is 5.97 Å². The number of aromatic nitrogens is 2. The summed E-state index contributed by atoms with van der Waals surface area (Å²) in [5, 5.41) is 15.8. The first-order valence-corrected chi connectivity index (χ1v) is 5.77. The Labute approximate surface area is 105 Å². The van der Waals surface area contributed by atoms with Crippen LogP contribution in [0.3, 0.4) is 0 Å². The minimum atomic E-state index is -0.789. The lowest BCUT2D eigenvalue weighted by molar-refractivity contribution is -0.136. The number of carboxylic acid groups (broad SMARTS) is 1. The van der Waals surface area contributed by atoms with Crippen LogP contribution in [0.2, 0.25) is 0 Å². The van der Waals surface area contributed by atoms with Gasteiger partial charge in [0.05, 0.1) is 18.3 Å². The van der Waals surface area contributed by atoms with Crippen molar-refractivity contribution in [2.75, 3.05) is 6.54 Å². The van der Waals surface area contributed by atoms with Crippen molar-refractivity contribution in [2.45, 2.75) is 13.0 Å². The number of nitrogens with zero attached hydrogens (tertiary/aromatic N) is 2. The van der Waals surface area contributed by atoms with Crippen LogP contribution >= 0.6 is 0 Å². The van der Waals surface area contributed by atoms with Gasteiger partial charge in [0.15, 0.2) is 0 Å². The fourth-order valence-electron chi connectivity index (χ4n) is 1.60. The summed E-state index contributed by atoms with van der Waals surface area (Å²) in [5.74, 6) is -0.789. The second-order valence-electron chi connectivity index (χ2n) is 3.95. The second kappa shape index (κ2) is 5.97. The van der Waals surface area contributed by atoms with Crippen LogP contribution in [-0.2, 0) is 11.3 Å². The van der Waals surface area contributed by atoms with E-state index in [-0.39, 0.29) is 6.42 Å². The molecule has 0 bridgehead atoms. The molecule has 0 amide bonds. The number of hydrogen-bond donors (Lipinski definition) is 2. The van der Waals surface area contributed by atoms with Crippen molar-refractivity contribution in [3.05, 3.63) is 48.3 Å². The predicted molar refractivity (Wildman–Crippen MR) is 67.5 cm³/mol. The van der Waals surface area contributed by atoms with Crippen LogP contribution in [0.5, 0.6) is 0 Å². The van der Waals surface area contributed by atoms with E-state index in [4.69, 9.17) is 5.11 Å². The zero-order valence-electron chi connectivity index (χ0n) is 9.91. The van der Waals surface area contributed by atoms with E-state index in [0.29, 0.717) is 13.1 Å². The van der Waals surface area contributed by atoms with Crippen molar-refractivity contribution in [2.24, 2.45) is 0 Å². The molecule has 0 aliphatic rings. The van der Waals surface area contributed by atoms with E-state index in [9.17, 15) is 4.79 Å². The third kappa shape index (κ3) is 3.43. The summed E-state index contributed by atoms with van der Waals surface area (Å²) in [6, 6.07) is 9.84. The predicted octanol–water partition coefficient (Wildman–Crippen LogP) is 1.44. The molecule has 0 aliphatic heterocycles. The highest BCUT2D eigenvalue weighted by Gasteiger charge is 2.01. The number of benzene rings is 1. The number of aliphatic carboxylic acids is 1. The molecule has 94 valence electrons. The van der Waals surface area contributed by atoms with Gasteiger partial charge in [-0.15, -0.1) is 0 Å². The van der Waals surface area contributed by atoms with E-state index in [1.807, 2.05) is 36.5 Å². The van der Waals surface area contributed by atoms with Crippen LogP contribution in [0.15, 0.2) is 42.7 Å². The number of hydrogen-bond acceptors (Lipinski definition) is 3. The lowest BCUT2D eigenvalue weighted by Crippen LogP contribution is -2.17. The molecule has 1 heterocycles. The summed E-state index contributed by atoms with van der Waals surface area (Å²) < 4.78 is 1.80. The van der Waals surface area contributed by atoms with Crippen LogP contribution in [0.25, 0.3) is 5.69 Å². The van der Waals surface area contributed by atoms with E-state index in [1.165, 1.54) is 0 Å². The Hall–Kier alpha value is -2.14. The van der Waals surface area contributed by atoms with Crippen LogP contribution in [0.1, 0.15) is 12.0 Å². The molecule has 2 rings (SSSR count). The zero-order chi connectivity index (χ0) is 12.8. The van der Waals surface area contributed by atoms with Crippen molar-refractivity contribution >= 4 is 5.97 Å². The van der Waals surface area contributed by atoms with E-state index in [1.54, 1.807) is 10.9 Å². The van der Waals surface area contributed by atoms with Gasteiger partial charge in [-0.3, -0.25) is 4.79 Å². The Bertz CT molecular complexity index is 508. The van der Waals surface area contributed by atoms with Crippen LogP contribution in [0.4, 0.5) is 0 Å². The zero-order valence-corrected chi connectivity index (χ0v) is 9.91. The summed E-state index contributed by atoms with van der Waals surface area (Å²) in [6.45, 7) is 1.09. The minimum absolute atomic E-state index is 0.132. The van der Waals surface area contributed by atoms with Crippen molar-refractivity contribution in [1.82, 2.24) is 15.1 Å². The van der Waals surface area contributed by atoms with Crippen molar-refractivity contribution < 1.29 is 9.90 Å². The van der Waals surface area contributed by atoms with Gasteiger partial charge in [-0.2, -0.15) is 5.10 Å². The summed E-state index contributed by atoms with van der Waals surface area (Å²) in [6.07, 6.45) is 3.84. The summed E-state index contributed by atoms with van der Waals surface area (Å²) in [5.41, 5.74) is 2.04. The Morgan fingerprint density at radius 1 is 1.33 bits per heavy atom. The Balaban J connectivity index is 1.89. The smallest absolute Gasteiger partial charge is 0.304 e. The quantitative estimate of drug-likeness (QED) is 0.756. The summed E-state index contributed by atoms with van der Waals surface area (Å²) in [4.78, 5) is 10.3. The average Bonchev–Trinajstić information content (AvgIpc) is 2.84. The van der Waals surface area contributed by atoms with Gasteiger partial charge in [0.1, 0.15) is 0 Å². The van der Waals surface area contributed by atoms with Crippen LogP contribution in [-0.4, -0.2) is 27.4 Å². The number of nitrogens with one attached hydrogen (secondary N) is 1. The summed E-state index contributed by atoms with van der Waals surface area (Å²) in [7, 11) is 0. The molecular formula is C13H15N3O2. The second-order valence-corrected chi connectivity index (χ2v) is 3.95. The summed E-state index contributed by atoms with van der Waals surface area (Å²) >= 11 is 0. The first kappa shape index (κ1) is 12.3. The van der Waals surface area contributed by atoms with Crippen LogP contribution in [0, 0.1) is 0 Å². The Kier molecular flexibility index (Phi) is 4.09. The first-order valence-electron chi connectivity index (χ1n) is 5.77. The molecule has 1 aromatic carbocycles. The highest BCUT2D eigenvalue weighted by Crippen LogP contribution is 2.07. The fourth-order valence-corrected chi connectivity index (χ4v) is 1.60. The monoisotopic (exact) mass is 245 g/mol. The third-order valence-electron chi connectivity index (χ3n) is 2.50. The van der Waals surface area contributed by atoms with Crippen molar-refractivity contribution in [3.63, 3.8) is 0 Å². The maximum Gasteiger partial charge on any atom is 0.304 e. The highest BCUT2D eigenvalue weighted by atomic mass is 16.4. The minimum Gasteiger partial charge on any atom is -0.481 e. The molecule has 5 nitrogen and oxygen atoms in total. The van der Waals surface area contributed by atoms with Gasteiger partial charge in [-0.05, 0) is 12.1 Å². The highest BCUT2D eigenvalue weighted by molar-refractivity contribution is 5.66. The standard InChI is InChI=1S/C13H15N3O2/c17-13(18)6-7-14-8-11-9-15-16(10-11)12-4-2-1-3-5-12/h1-5,9-10,14H,6-8H2,(H,17,18). The molecule has 0 fully saturated rings. The van der Waals surface area contributed by atoms with E-state index in [2.05, 4.69) is 10.4 Å². The molecule has 1 aromatic heterocycles. The molecule has 0 atom stereocenters. The third-order valence-corrected chi connectivity index (χ3v) is 2.50. The fraction of sp³-hybridized carbons (Fsp3) is 0.231. The maximum absolute atomic E-state index is 10.3. The number of para-hydroxylation sites is 1. The lowest BCUT2D eigenvalue weighted by atomic mass is 10.3. The van der Waals surface area contributed by atoms with Gasteiger partial charge in [0, 0.05) is 24.8 Å². The molecule has 0 radical (unpaired) electrons. The SMILES string of the molecule is O=C(O)CCNCc1cnn(-c2ccccc2)c1.